The molecule has 2 atom stereocenters. The van der Waals surface area contributed by atoms with Gasteiger partial charge in [-0.2, -0.15) is 0 Å². The fraction of sp³-hybridized carbons (Fsp3) is 0.524. The highest BCUT2D eigenvalue weighted by Crippen LogP contribution is 2.43. The minimum atomic E-state index is -1.90. The topological polar surface area (TPSA) is 155 Å². The summed E-state index contributed by atoms with van der Waals surface area (Å²) in [6.07, 6.45) is 3.58. The maximum absolute atomic E-state index is 16.7. The van der Waals surface area contributed by atoms with E-state index in [4.69, 9.17) is 11.6 Å². The van der Waals surface area contributed by atoms with Crippen LogP contribution in [0.15, 0.2) is 42.5 Å². The Balaban J connectivity index is 0.777. The predicted molar refractivity (Wildman–Crippen MR) is 217 cm³/mol. The average molecular weight is 814 g/mol. The lowest BCUT2D eigenvalue weighted by molar-refractivity contribution is -0.149. The Morgan fingerprint density at radius 3 is 2.53 bits per heavy atom. The van der Waals surface area contributed by atoms with Gasteiger partial charge < -0.3 is 34.9 Å². The van der Waals surface area contributed by atoms with Crippen molar-refractivity contribution in [2.45, 2.75) is 75.7 Å². The van der Waals surface area contributed by atoms with Crippen molar-refractivity contribution < 1.29 is 28.7 Å². The van der Waals surface area contributed by atoms with E-state index in [0.717, 1.165) is 55.8 Å². The lowest BCUT2D eigenvalue weighted by Crippen LogP contribution is -2.69. The van der Waals surface area contributed by atoms with Crippen LogP contribution in [0.25, 0.3) is 11.3 Å². The third-order valence-corrected chi connectivity index (χ3v) is 13.9. The number of aromatic nitrogens is 2. The number of nitrogens with zero attached hydrogens (tertiary/aromatic N) is 7. The molecule has 7 heterocycles. The number of carbonyl (C=O) groups is 4. The summed E-state index contributed by atoms with van der Waals surface area (Å²) < 4.78 is 16.7. The molecule has 14 nitrogen and oxygen atoms in total. The minimum absolute atomic E-state index is 0.0571. The van der Waals surface area contributed by atoms with Gasteiger partial charge in [0.1, 0.15) is 11.8 Å². The van der Waals surface area contributed by atoms with Crippen molar-refractivity contribution >= 4 is 52.4 Å². The number of carbonyl (C=O) groups excluding carboxylic acids is 4. The van der Waals surface area contributed by atoms with E-state index in [9.17, 15) is 24.3 Å². The molecule has 9 rings (SSSR count). The van der Waals surface area contributed by atoms with E-state index in [1.807, 2.05) is 24.3 Å². The number of piperidine rings is 3. The highest BCUT2D eigenvalue weighted by Gasteiger charge is 2.51. The van der Waals surface area contributed by atoms with Crippen LogP contribution in [0.1, 0.15) is 67.8 Å². The number of likely N-dealkylation sites (tertiary alicyclic amines) is 1. The number of halogens is 2. The summed E-state index contributed by atoms with van der Waals surface area (Å²) in [5.41, 5.74) is 1.94. The molecule has 4 saturated heterocycles. The number of hydrogen-bond acceptors (Lipinski definition) is 11. The highest BCUT2D eigenvalue weighted by molar-refractivity contribution is 6.32. The van der Waals surface area contributed by atoms with Gasteiger partial charge in [0, 0.05) is 102 Å². The number of nitrogens with one attached hydrogen (secondary N) is 2. The van der Waals surface area contributed by atoms with E-state index < -0.39 is 29.1 Å². The molecule has 306 valence electrons. The van der Waals surface area contributed by atoms with Crippen LogP contribution in [-0.2, 0) is 20.9 Å². The number of piperazine rings is 1. The first-order chi connectivity index (χ1) is 27.9. The lowest BCUT2D eigenvalue weighted by Gasteiger charge is -2.55. The summed E-state index contributed by atoms with van der Waals surface area (Å²) in [6.45, 7) is 7.90. The second-order valence-electron chi connectivity index (χ2n) is 16.8. The summed E-state index contributed by atoms with van der Waals surface area (Å²) >= 11 is 6.19. The molecule has 6 aliphatic heterocycles. The Hall–Kier alpha value is -5.02. The molecule has 2 aromatic carbocycles. The standard InChI is InChI=1S/C42H49ClFN9O5/c1-2-41-24-45-37-34(21-32(47-48-37)29-4-3-5-31(43)36(29)55)53(41)19-18-51(25-41)40(58)42(44)12-16-49(17-13-42)22-26-10-14-50(15-11-26)28-7-6-27-23-52(39(57)30(27)20-28)33-8-9-35(54)46-38(33)56/h3-7,20-21,26,33,55H,2,8-19,22-25H2,1H3,(H,45,48)(H,46,54,56)/t33-,41?/m0/s1. The monoisotopic (exact) mass is 813 g/mol. The average Bonchev–Trinajstić information content (AvgIpc) is 3.56. The van der Waals surface area contributed by atoms with Crippen molar-refractivity contribution in [2.24, 2.45) is 5.92 Å². The van der Waals surface area contributed by atoms with E-state index in [1.165, 1.54) is 0 Å². The van der Waals surface area contributed by atoms with Crippen molar-refractivity contribution in [1.82, 2.24) is 30.2 Å². The van der Waals surface area contributed by atoms with Crippen LogP contribution >= 0.6 is 11.6 Å². The summed E-state index contributed by atoms with van der Waals surface area (Å²) in [7, 11) is 0. The Morgan fingerprint density at radius 2 is 1.78 bits per heavy atom. The summed E-state index contributed by atoms with van der Waals surface area (Å²) in [5.74, 6) is -0.259. The molecular formula is C42H49ClFN9O5. The number of rotatable bonds is 7. The second-order valence-corrected chi connectivity index (χ2v) is 17.3. The van der Waals surface area contributed by atoms with Gasteiger partial charge in [0.2, 0.25) is 11.8 Å². The third kappa shape index (κ3) is 6.79. The number of para-hydroxylation sites is 1. The third-order valence-electron chi connectivity index (χ3n) is 13.5. The molecule has 0 radical (unpaired) electrons. The quantitative estimate of drug-likeness (QED) is 0.294. The van der Waals surface area contributed by atoms with Crippen molar-refractivity contribution in [3.05, 3.63) is 58.6 Å². The number of phenols is 1. The number of fused-ring (bicyclic) bond motifs is 4. The van der Waals surface area contributed by atoms with Crippen LogP contribution in [0.5, 0.6) is 5.75 Å². The van der Waals surface area contributed by atoms with Crippen LogP contribution in [0, 0.1) is 5.92 Å². The SMILES string of the molecule is CCC12CNc3nnc(-c4cccc(Cl)c4O)cc3N1CCN(C(=O)C1(F)CCN(CC3CCN(c4ccc5c(c4)C(=O)N([C@H]4CCC(=O)NC4=O)C5)CC3)CC1)C2. The molecule has 1 aromatic heterocycles. The number of hydrogen-bond donors (Lipinski definition) is 3. The van der Waals surface area contributed by atoms with E-state index in [-0.39, 0.29) is 41.8 Å². The minimum Gasteiger partial charge on any atom is -0.506 e. The van der Waals surface area contributed by atoms with Gasteiger partial charge in [-0.3, -0.25) is 24.5 Å². The van der Waals surface area contributed by atoms with Gasteiger partial charge in [-0.25, -0.2) is 4.39 Å². The van der Waals surface area contributed by atoms with E-state index in [2.05, 4.69) is 42.5 Å². The molecular weight excluding hydrogens is 765 g/mol. The number of aromatic hydroxyl groups is 1. The number of alkyl halides is 1. The molecule has 6 aliphatic rings. The number of imide groups is 1. The van der Waals surface area contributed by atoms with E-state index in [0.29, 0.717) is 80.8 Å². The zero-order valence-corrected chi connectivity index (χ0v) is 33.4. The first kappa shape index (κ1) is 38.5. The fourth-order valence-electron chi connectivity index (χ4n) is 9.99. The molecule has 58 heavy (non-hydrogen) atoms. The molecule has 4 amide bonds. The van der Waals surface area contributed by atoms with Gasteiger partial charge in [-0.05, 0) is 67.5 Å². The first-order valence-corrected chi connectivity index (χ1v) is 20.9. The molecule has 1 unspecified atom stereocenters. The normalized spacial score (nSPS) is 24.9. The summed E-state index contributed by atoms with van der Waals surface area (Å²) in [4.78, 5) is 61.7. The van der Waals surface area contributed by atoms with Gasteiger partial charge in [-0.1, -0.05) is 30.7 Å². The first-order valence-electron chi connectivity index (χ1n) is 20.6. The molecule has 0 spiro atoms. The maximum Gasteiger partial charge on any atom is 0.260 e. The van der Waals surface area contributed by atoms with Crippen LogP contribution in [0.3, 0.4) is 0 Å². The molecule has 4 fully saturated rings. The summed E-state index contributed by atoms with van der Waals surface area (Å²) in [5, 5.41) is 25.4. The number of phenolic OH excluding ortho intramolecular Hbond substituents is 1. The predicted octanol–water partition coefficient (Wildman–Crippen LogP) is 4.21. The second kappa shape index (κ2) is 15.0. The molecule has 0 aliphatic carbocycles. The molecule has 3 aromatic rings. The lowest BCUT2D eigenvalue weighted by atomic mass is 9.85. The van der Waals surface area contributed by atoms with Crippen LogP contribution in [-0.4, -0.2) is 130 Å². The van der Waals surface area contributed by atoms with E-state index >= 15 is 4.39 Å². The molecule has 0 bridgehead atoms. The zero-order chi connectivity index (χ0) is 40.3. The fourth-order valence-corrected chi connectivity index (χ4v) is 10.2. The Bertz CT molecular complexity index is 2160. The number of amides is 4. The van der Waals surface area contributed by atoms with Gasteiger partial charge in [-0.15, -0.1) is 10.2 Å². The van der Waals surface area contributed by atoms with Crippen molar-refractivity contribution in [2.75, 3.05) is 74.0 Å². The smallest absolute Gasteiger partial charge is 0.260 e. The Morgan fingerprint density at radius 1 is 0.983 bits per heavy atom. The zero-order valence-electron chi connectivity index (χ0n) is 32.7. The van der Waals surface area contributed by atoms with Gasteiger partial charge in [0.05, 0.1) is 21.9 Å². The Labute approximate surface area is 341 Å². The van der Waals surface area contributed by atoms with Crippen molar-refractivity contribution in [3.63, 3.8) is 0 Å². The van der Waals surface area contributed by atoms with Crippen LogP contribution < -0.4 is 20.4 Å². The van der Waals surface area contributed by atoms with Crippen molar-refractivity contribution in [3.8, 4) is 17.0 Å². The maximum atomic E-state index is 16.7. The molecule has 0 saturated carbocycles. The Kier molecular flexibility index (Phi) is 9.94. The van der Waals surface area contributed by atoms with Gasteiger partial charge >= 0.3 is 0 Å². The molecule has 16 heteroatoms. The van der Waals surface area contributed by atoms with E-state index in [1.54, 1.807) is 28.0 Å². The van der Waals surface area contributed by atoms with Crippen LogP contribution in [0.4, 0.5) is 21.6 Å². The van der Waals surface area contributed by atoms with Crippen molar-refractivity contribution in [1.29, 1.82) is 0 Å². The van der Waals surface area contributed by atoms with Gasteiger partial charge in [0.15, 0.2) is 11.5 Å². The number of benzene rings is 2. The highest BCUT2D eigenvalue weighted by atomic mass is 35.5. The largest absolute Gasteiger partial charge is 0.506 e. The summed E-state index contributed by atoms with van der Waals surface area (Å²) in [6, 6.07) is 12.4. The number of anilines is 3. The molecule has 3 N–H and O–H groups in total. The van der Waals surface area contributed by atoms with Crippen LogP contribution in [0.2, 0.25) is 5.02 Å². The van der Waals surface area contributed by atoms with Gasteiger partial charge in [0.25, 0.3) is 11.8 Å².